The zero-order valence-electron chi connectivity index (χ0n) is 7.35. The summed E-state index contributed by atoms with van der Waals surface area (Å²) >= 11 is 0. The lowest BCUT2D eigenvalue weighted by Crippen LogP contribution is -2.42. The standard InChI is InChI=1S/C8H20N2/c1-4-8(3,10)7(2)5-6-9/h7H,4-6,9-10H2,1-3H3. The second kappa shape index (κ2) is 3.94. The van der Waals surface area contributed by atoms with Gasteiger partial charge in [-0.3, -0.25) is 0 Å². The van der Waals surface area contributed by atoms with E-state index in [1.807, 2.05) is 0 Å². The van der Waals surface area contributed by atoms with Gasteiger partial charge in [-0.1, -0.05) is 13.8 Å². The van der Waals surface area contributed by atoms with E-state index in [-0.39, 0.29) is 5.54 Å². The van der Waals surface area contributed by atoms with Gasteiger partial charge in [0.15, 0.2) is 0 Å². The summed E-state index contributed by atoms with van der Waals surface area (Å²) in [5.74, 6) is 0.530. The number of hydrogen-bond donors (Lipinski definition) is 2. The molecule has 2 atom stereocenters. The average molecular weight is 144 g/mol. The fourth-order valence-electron chi connectivity index (χ4n) is 0.928. The van der Waals surface area contributed by atoms with Crippen molar-refractivity contribution in [1.29, 1.82) is 0 Å². The Morgan fingerprint density at radius 3 is 2.30 bits per heavy atom. The van der Waals surface area contributed by atoms with E-state index in [0.717, 1.165) is 19.4 Å². The highest BCUT2D eigenvalue weighted by atomic mass is 14.7. The Balaban J connectivity index is 3.78. The molecule has 2 unspecified atom stereocenters. The van der Waals surface area contributed by atoms with Crippen LogP contribution in [0.4, 0.5) is 0 Å². The van der Waals surface area contributed by atoms with Crippen molar-refractivity contribution in [3.05, 3.63) is 0 Å². The van der Waals surface area contributed by atoms with Gasteiger partial charge < -0.3 is 11.5 Å². The van der Waals surface area contributed by atoms with E-state index >= 15 is 0 Å². The van der Waals surface area contributed by atoms with Crippen LogP contribution in [-0.4, -0.2) is 12.1 Å². The maximum Gasteiger partial charge on any atom is 0.0149 e. The van der Waals surface area contributed by atoms with E-state index in [9.17, 15) is 0 Å². The summed E-state index contributed by atoms with van der Waals surface area (Å²) < 4.78 is 0. The van der Waals surface area contributed by atoms with Crippen molar-refractivity contribution < 1.29 is 0 Å². The zero-order valence-corrected chi connectivity index (χ0v) is 7.35. The Labute approximate surface area is 64.0 Å². The highest BCUT2D eigenvalue weighted by Gasteiger charge is 2.22. The molecule has 62 valence electrons. The van der Waals surface area contributed by atoms with Gasteiger partial charge in [-0.2, -0.15) is 0 Å². The molecule has 0 radical (unpaired) electrons. The molecule has 0 aliphatic carbocycles. The molecule has 0 aliphatic heterocycles. The zero-order chi connectivity index (χ0) is 8.20. The monoisotopic (exact) mass is 144 g/mol. The summed E-state index contributed by atoms with van der Waals surface area (Å²) in [6.07, 6.45) is 2.05. The summed E-state index contributed by atoms with van der Waals surface area (Å²) in [7, 11) is 0. The fraction of sp³-hybridized carbons (Fsp3) is 1.00. The molecule has 0 heterocycles. The molecule has 0 aromatic heterocycles. The summed E-state index contributed by atoms with van der Waals surface area (Å²) in [6.45, 7) is 7.12. The summed E-state index contributed by atoms with van der Waals surface area (Å²) in [6, 6.07) is 0. The van der Waals surface area contributed by atoms with Gasteiger partial charge >= 0.3 is 0 Å². The van der Waals surface area contributed by atoms with Gasteiger partial charge in [-0.05, 0) is 32.2 Å². The molecule has 0 aromatic rings. The van der Waals surface area contributed by atoms with E-state index in [0.29, 0.717) is 5.92 Å². The minimum absolute atomic E-state index is 0.0284. The predicted molar refractivity (Wildman–Crippen MR) is 45.7 cm³/mol. The van der Waals surface area contributed by atoms with E-state index < -0.39 is 0 Å². The van der Waals surface area contributed by atoms with Crippen molar-refractivity contribution in [3.63, 3.8) is 0 Å². The van der Waals surface area contributed by atoms with Gasteiger partial charge in [0.1, 0.15) is 0 Å². The van der Waals surface area contributed by atoms with Crippen LogP contribution in [-0.2, 0) is 0 Å². The van der Waals surface area contributed by atoms with Crippen LogP contribution in [0.5, 0.6) is 0 Å². The fourth-order valence-corrected chi connectivity index (χ4v) is 0.928. The van der Waals surface area contributed by atoms with Crippen molar-refractivity contribution in [1.82, 2.24) is 0 Å². The molecular weight excluding hydrogens is 124 g/mol. The smallest absolute Gasteiger partial charge is 0.0149 e. The second-order valence-corrected chi connectivity index (χ2v) is 3.34. The van der Waals surface area contributed by atoms with Gasteiger partial charge in [0.05, 0.1) is 0 Å². The molecule has 0 aromatic carbocycles. The number of nitrogens with two attached hydrogens (primary N) is 2. The van der Waals surface area contributed by atoms with Crippen LogP contribution in [0.2, 0.25) is 0 Å². The van der Waals surface area contributed by atoms with Crippen LogP contribution in [0.15, 0.2) is 0 Å². The van der Waals surface area contributed by atoms with Gasteiger partial charge in [0.2, 0.25) is 0 Å². The Bertz CT molecular complexity index is 89.3. The lowest BCUT2D eigenvalue weighted by molar-refractivity contribution is 0.294. The third kappa shape index (κ3) is 2.67. The van der Waals surface area contributed by atoms with E-state index in [2.05, 4.69) is 20.8 Å². The van der Waals surface area contributed by atoms with E-state index in [1.54, 1.807) is 0 Å². The number of hydrogen-bond acceptors (Lipinski definition) is 2. The molecule has 0 saturated carbocycles. The first-order valence-corrected chi connectivity index (χ1v) is 4.03. The predicted octanol–water partition coefficient (Wildman–Crippen LogP) is 1.10. The van der Waals surface area contributed by atoms with Gasteiger partial charge in [0.25, 0.3) is 0 Å². The van der Waals surface area contributed by atoms with Gasteiger partial charge in [-0.25, -0.2) is 0 Å². The van der Waals surface area contributed by atoms with E-state index in [1.165, 1.54) is 0 Å². The second-order valence-electron chi connectivity index (χ2n) is 3.34. The summed E-state index contributed by atoms with van der Waals surface area (Å²) in [5.41, 5.74) is 11.4. The quantitative estimate of drug-likeness (QED) is 0.620. The Morgan fingerprint density at radius 2 is 2.00 bits per heavy atom. The molecule has 0 bridgehead atoms. The Kier molecular flexibility index (Phi) is 3.91. The Morgan fingerprint density at radius 1 is 1.50 bits per heavy atom. The van der Waals surface area contributed by atoms with Crippen molar-refractivity contribution in [3.8, 4) is 0 Å². The van der Waals surface area contributed by atoms with Crippen molar-refractivity contribution in [2.24, 2.45) is 17.4 Å². The molecule has 10 heavy (non-hydrogen) atoms. The first-order chi connectivity index (χ1) is 4.54. The molecule has 0 amide bonds. The molecule has 2 heteroatoms. The minimum Gasteiger partial charge on any atom is -0.330 e. The third-order valence-corrected chi connectivity index (χ3v) is 2.49. The van der Waals surface area contributed by atoms with Crippen molar-refractivity contribution in [2.75, 3.05) is 6.54 Å². The molecule has 0 aliphatic rings. The molecular formula is C8H20N2. The largest absolute Gasteiger partial charge is 0.330 e. The SMILES string of the molecule is CCC(C)(N)C(C)CCN. The van der Waals surface area contributed by atoms with Crippen LogP contribution < -0.4 is 11.5 Å². The highest BCUT2D eigenvalue weighted by molar-refractivity contribution is 4.82. The maximum atomic E-state index is 5.99. The summed E-state index contributed by atoms with van der Waals surface area (Å²) in [5, 5.41) is 0. The molecule has 4 N–H and O–H groups in total. The third-order valence-electron chi connectivity index (χ3n) is 2.49. The van der Waals surface area contributed by atoms with Crippen molar-refractivity contribution in [2.45, 2.75) is 39.2 Å². The molecule has 0 rings (SSSR count). The normalized spacial score (nSPS) is 20.1. The molecule has 0 saturated heterocycles. The van der Waals surface area contributed by atoms with Crippen LogP contribution >= 0.6 is 0 Å². The molecule has 0 fully saturated rings. The topological polar surface area (TPSA) is 52.0 Å². The lowest BCUT2D eigenvalue weighted by atomic mass is 9.84. The van der Waals surface area contributed by atoms with Crippen LogP contribution in [0, 0.1) is 5.92 Å². The van der Waals surface area contributed by atoms with Crippen LogP contribution in [0.25, 0.3) is 0 Å². The first kappa shape index (κ1) is 9.92. The van der Waals surface area contributed by atoms with Crippen molar-refractivity contribution >= 4 is 0 Å². The van der Waals surface area contributed by atoms with E-state index in [4.69, 9.17) is 11.5 Å². The number of rotatable bonds is 4. The minimum atomic E-state index is -0.0284. The van der Waals surface area contributed by atoms with Crippen LogP contribution in [0.3, 0.4) is 0 Å². The summed E-state index contributed by atoms with van der Waals surface area (Å²) in [4.78, 5) is 0. The van der Waals surface area contributed by atoms with Gasteiger partial charge in [-0.15, -0.1) is 0 Å². The Hall–Kier alpha value is -0.0800. The molecule has 2 nitrogen and oxygen atoms in total. The first-order valence-electron chi connectivity index (χ1n) is 4.03. The molecule has 0 spiro atoms. The van der Waals surface area contributed by atoms with Gasteiger partial charge in [0, 0.05) is 5.54 Å². The average Bonchev–Trinajstić information content (AvgIpc) is 1.89. The van der Waals surface area contributed by atoms with Crippen LogP contribution in [0.1, 0.15) is 33.6 Å². The highest BCUT2D eigenvalue weighted by Crippen LogP contribution is 2.19. The maximum absolute atomic E-state index is 5.99. The lowest BCUT2D eigenvalue weighted by Gasteiger charge is -2.30.